The molecule has 0 spiro atoms. The van der Waals surface area contributed by atoms with Gasteiger partial charge in [-0.2, -0.15) is 0 Å². The summed E-state index contributed by atoms with van der Waals surface area (Å²) in [6.45, 7) is 1.69. The summed E-state index contributed by atoms with van der Waals surface area (Å²) in [6, 6.07) is 2.10. The Kier molecular flexibility index (Phi) is 6.35. The zero-order chi connectivity index (χ0) is 16.0. The standard InChI is InChI=1S/C12H15ClFNO5S/c1-9-7-12(10(14)8-11(9)15(16)17)20-5-3-2-4-6-21(13,18)19/h7-8H,2-6H2,1H3. The van der Waals surface area contributed by atoms with Crippen LogP contribution in [-0.4, -0.2) is 25.7 Å². The van der Waals surface area contributed by atoms with Gasteiger partial charge in [0.05, 0.1) is 23.3 Å². The molecule has 0 unspecified atom stereocenters. The van der Waals surface area contributed by atoms with Crippen molar-refractivity contribution in [3.8, 4) is 5.75 Å². The second-order valence-corrected chi connectivity index (χ2v) is 7.37. The maximum absolute atomic E-state index is 13.6. The maximum atomic E-state index is 13.6. The molecule has 0 saturated carbocycles. The van der Waals surface area contributed by atoms with Crippen LogP contribution in [0.2, 0.25) is 0 Å². The minimum atomic E-state index is -3.48. The first-order chi connectivity index (χ1) is 9.70. The Balaban J connectivity index is 2.46. The van der Waals surface area contributed by atoms with Gasteiger partial charge in [-0.1, -0.05) is 0 Å². The molecule has 118 valence electrons. The van der Waals surface area contributed by atoms with Crippen molar-refractivity contribution in [2.45, 2.75) is 26.2 Å². The van der Waals surface area contributed by atoms with Crippen LogP contribution in [0.3, 0.4) is 0 Å². The van der Waals surface area contributed by atoms with Crippen LogP contribution >= 0.6 is 10.7 Å². The molecule has 6 nitrogen and oxygen atoms in total. The number of nitrogens with zero attached hydrogens (tertiary/aromatic N) is 1. The van der Waals surface area contributed by atoms with Crippen molar-refractivity contribution in [3.05, 3.63) is 33.6 Å². The fourth-order valence-corrected chi connectivity index (χ4v) is 2.56. The number of hydrogen-bond acceptors (Lipinski definition) is 5. The van der Waals surface area contributed by atoms with Gasteiger partial charge in [0.15, 0.2) is 11.6 Å². The second kappa shape index (κ2) is 7.56. The lowest BCUT2D eigenvalue weighted by Crippen LogP contribution is -2.03. The topological polar surface area (TPSA) is 86.5 Å². The van der Waals surface area contributed by atoms with Gasteiger partial charge in [-0.05, 0) is 32.3 Å². The lowest BCUT2D eigenvalue weighted by Gasteiger charge is -2.08. The predicted molar refractivity (Wildman–Crippen MR) is 76.8 cm³/mol. The van der Waals surface area contributed by atoms with E-state index in [1.165, 1.54) is 13.0 Å². The summed E-state index contributed by atoms with van der Waals surface area (Å²) < 4.78 is 40.2. The number of hydrogen-bond donors (Lipinski definition) is 0. The number of rotatable bonds is 8. The summed E-state index contributed by atoms with van der Waals surface area (Å²) in [4.78, 5) is 9.98. The second-order valence-electron chi connectivity index (χ2n) is 4.48. The van der Waals surface area contributed by atoms with Crippen molar-refractivity contribution < 1.29 is 22.5 Å². The van der Waals surface area contributed by atoms with Gasteiger partial charge in [-0.25, -0.2) is 12.8 Å². The number of nitro benzene ring substituents is 1. The van der Waals surface area contributed by atoms with E-state index in [1.54, 1.807) is 0 Å². The fourth-order valence-electron chi connectivity index (χ4n) is 1.69. The monoisotopic (exact) mass is 339 g/mol. The molecule has 9 heteroatoms. The average Bonchev–Trinajstić information content (AvgIpc) is 2.35. The van der Waals surface area contributed by atoms with Gasteiger partial charge < -0.3 is 4.74 Å². The molecular weight excluding hydrogens is 325 g/mol. The first kappa shape index (κ1) is 17.6. The fraction of sp³-hybridized carbons (Fsp3) is 0.500. The molecule has 0 bridgehead atoms. The van der Waals surface area contributed by atoms with Crippen LogP contribution in [0, 0.1) is 22.9 Å². The lowest BCUT2D eigenvalue weighted by molar-refractivity contribution is -0.385. The number of aryl methyl sites for hydroxylation is 1. The van der Waals surface area contributed by atoms with Crippen LogP contribution in [0.25, 0.3) is 0 Å². The highest BCUT2D eigenvalue weighted by Gasteiger charge is 2.16. The Labute approximate surface area is 126 Å². The minimum absolute atomic E-state index is 0.0527. The molecule has 0 heterocycles. The molecule has 1 aromatic carbocycles. The molecule has 0 radical (unpaired) electrons. The van der Waals surface area contributed by atoms with E-state index in [1.807, 2.05) is 0 Å². The Hall–Kier alpha value is -1.41. The maximum Gasteiger partial charge on any atom is 0.275 e. The van der Waals surface area contributed by atoms with E-state index < -0.39 is 19.8 Å². The molecular formula is C12H15ClFNO5S. The van der Waals surface area contributed by atoms with E-state index in [2.05, 4.69) is 0 Å². The Bertz CT molecular complexity index is 620. The van der Waals surface area contributed by atoms with E-state index in [9.17, 15) is 22.9 Å². The van der Waals surface area contributed by atoms with Gasteiger partial charge in [0.2, 0.25) is 9.05 Å². The van der Waals surface area contributed by atoms with Crippen LogP contribution in [0.15, 0.2) is 12.1 Å². The van der Waals surface area contributed by atoms with Gasteiger partial charge in [0.25, 0.3) is 5.69 Å². The smallest absolute Gasteiger partial charge is 0.275 e. The molecule has 0 aliphatic rings. The van der Waals surface area contributed by atoms with E-state index >= 15 is 0 Å². The number of unbranched alkanes of at least 4 members (excludes halogenated alkanes) is 2. The average molecular weight is 340 g/mol. The highest BCUT2D eigenvalue weighted by Crippen LogP contribution is 2.27. The summed E-state index contributed by atoms with van der Waals surface area (Å²) in [6.07, 6.45) is 1.50. The van der Waals surface area contributed by atoms with Crippen LogP contribution in [-0.2, 0) is 9.05 Å². The SMILES string of the molecule is Cc1cc(OCCCCCS(=O)(=O)Cl)c(F)cc1[N+](=O)[O-]. The van der Waals surface area contributed by atoms with E-state index in [-0.39, 0.29) is 23.8 Å². The van der Waals surface area contributed by atoms with Gasteiger partial charge in [0.1, 0.15) is 0 Å². The molecule has 21 heavy (non-hydrogen) atoms. The Morgan fingerprint density at radius 2 is 2.00 bits per heavy atom. The largest absolute Gasteiger partial charge is 0.491 e. The van der Waals surface area contributed by atoms with Gasteiger partial charge >= 0.3 is 0 Å². The van der Waals surface area contributed by atoms with Crippen molar-refractivity contribution in [3.63, 3.8) is 0 Å². The number of ether oxygens (including phenoxy) is 1. The van der Waals surface area contributed by atoms with Crippen LogP contribution < -0.4 is 4.74 Å². The highest BCUT2D eigenvalue weighted by molar-refractivity contribution is 8.13. The summed E-state index contributed by atoms with van der Waals surface area (Å²) in [5, 5.41) is 10.6. The molecule has 0 saturated heterocycles. The Morgan fingerprint density at radius 1 is 1.33 bits per heavy atom. The third-order valence-electron chi connectivity index (χ3n) is 2.74. The van der Waals surface area contributed by atoms with Gasteiger partial charge in [-0.3, -0.25) is 10.1 Å². The van der Waals surface area contributed by atoms with E-state index in [0.717, 1.165) is 6.07 Å². The summed E-state index contributed by atoms with van der Waals surface area (Å²) >= 11 is 0. The number of halogens is 2. The molecule has 1 rings (SSSR count). The summed E-state index contributed by atoms with van der Waals surface area (Å²) in [7, 11) is 1.58. The number of nitro groups is 1. The molecule has 1 aromatic rings. The van der Waals surface area contributed by atoms with Crippen molar-refractivity contribution >= 4 is 25.4 Å². The third kappa shape index (κ3) is 6.26. The normalized spacial score (nSPS) is 11.4. The predicted octanol–water partition coefficient (Wildman–Crippen LogP) is 3.16. The first-order valence-electron chi connectivity index (χ1n) is 6.20. The van der Waals surface area contributed by atoms with E-state index in [0.29, 0.717) is 24.8 Å². The zero-order valence-electron chi connectivity index (χ0n) is 11.3. The van der Waals surface area contributed by atoms with Crippen LogP contribution in [0.5, 0.6) is 5.75 Å². The van der Waals surface area contributed by atoms with Crippen molar-refractivity contribution in [1.82, 2.24) is 0 Å². The van der Waals surface area contributed by atoms with Gasteiger partial charge in [0, 0.05) is 16.2 Å². The first-order valence-corrected chi connectivity index (χ1v) is 8.68. The zero-order valence-corrected chi connectivity index (χ0v) is 12.9. The Morgan fingerprint density at radius 3 is 2.57 bits per heavy atom. The number of benzene rings is 1. The molecule has 0 fully saturated rings. The lowest BCUT2D eigenvalue weighted by atomic mass is 10.2. The van der Waals surface area contributed by atoms with Crippen molar-refractivity contribution in [2.75, 3.05) is 12.4 Å². The van der Waals surface area contributed by atoms with E-state index in [4.69, 9.17) is 15.4 Å². The molecule has 0 N–H and O–H groups in total. The molecule has 0 aliphatic carbocycles. The molecule has 0 amide bonds. The third-order valence-corrected chi connectivity index (χ3v) is 3.98. The van der Waals surface area contributed by atoms with Crippen LogP contribution in [0.4, 0.5) is 10.1 Å². The van der Waals surface area contributed by atoms with Crippen molar-refractivity contribution in [2.24, 2.45) is 0 Å². The molecule has 0 atom stereocenters. The van der Waals surface area contributed by atoms with Gasteiger partial charge in [-0.15, -0.1) is 0 Å². The quantitative estimate of drug-likeness (QED) is 0.314. The van der Waals surface area contributed by atoms with Crippen LogP contribution in [0.1, 0.15) is 24.8 Å². The molecule has 0 aromatic heterocycles. The highest BCUT2D eigenvalue weighted by atomic mass is 35.7. The van der Waals surface area contributed by atoms with Crippen molar-refractivity contribution in [1.29, 1.82) is 0 Å². The molecule has 0 aliphatic heterocycles. The summed E-state index contributed by atoms with van der Waals surface area (Å²) in [5.74, 6) is -0.960. The minimum Gasteiger partial charge on any atom is -0.491 e. The summed E-state index contributed by atoms with van der Waals surface area (Å²) in [5.41, 5.74) is 0.0109.